The number of benzene rings is 1. The maximum absolute atomic E-state index is 10.9. The second-order valence-corrected chi connectivity index (χ2v) is 6.29. The number of likely N-dealkylation sites (tertiary alicyclic amines) is 1. The number of nitrogens with two attached hydrogens (primary N) is 1. The molecule has 2 N–H and O–H groups in total. The minimum absolute atomic E-state index is 0.167. The van der Waals surface area contributed by atoms with Gasteiger partial charge in [-0.1, -0.05) is 28.1 Å². The summed E-state index contributed by atoms with van der Waals surface area (Å²) in [6.07, 6.45) is 2.69. The molecule has 1 atom stereocenters. The van der Waals surface area contributed by atoms with Crippen LogP contribution in [0, 0.1) is 5.92 Å². The van der Waals surface area contributed by atoms with Crippen molar-refractivity contribution in [1.82, 2.24) is 4.90 Å². The Morgan fingerprint density at radius 1 is 1.37 bits per heavy atom. The number of carbonyl (C=O) groups is 1. The molecule has 1 amide bonds. The summed E-state index contributed by atoms with van der Waals surface area (Å²) in [6, 6.07) is 8.95. The van der Waals surface area contributed by atoms with Crippen LogP contribution in [0.5, 0.6) is 0 Å². The third-order valence-electron chi connectivity index (χ3n) is 4.04. The van der Waals surface area contributed by atoms with E-state index in [0.29, 0.717) is 18.4 Å². The normalized spacial score (nSPS) is 19.3. The van der Waals surface area contributed by atoms with Crippen molar-refractivity contribution in [3.63, 3.8) is 0 Å². The van der Waals surface area contributed by atoms with Gasteiger partial charge in [0.25, 0.3) is 0 Å². The standard InChI is InChI=1S/C15H21BrN2O/c1-11(13-2-4-14(16)5-3-13)18-8-6-12(7-9-18)10-15(17)19/h2-5,11-12H,6-10H2,1H3,(H2,17,19). The summed E-state index contributed by atoms with van der Waals surface area (Å²) in [4.78, 5) is 13.4. The molecule has 0 saturated carbocycles. The monoisotopic (exact) mass is 324 g/mol. The van der Waals surface area contributed by atoms with Crippen molar-refractivity contribution in [3.8, 4) is 0 Å². The smallest absolute Gasteiger partial charge is 0.217 e. The maximum atomic E-state index is 10.9. The highest BCUT2D eigenvalue weighted by molar-refractivity contribution is 9.10. The number of piperidine rings is 1. The highest BCUT2D eigenvalue weighted by Gasteiger charge is 2.24. The van der Waals surface area contributed by atoms with Crippen LogP contribution >= 0.6 is 15.9 Å². The number of amides is 1. The molecule has 19 heavy (non-hydrogen) atoms. The summed E-state index contributed by atoms with van der Waals surface area (Å²) in [7, 11) is 0. The van der Waals surface area contributed by atoms with Crippen LogP contribution in [0.1, 0.15) is 37.8 Å². The Hall–Kier alpha value is -0.870. The van der Waals surface area contributed by atoms with E-state index in [4.69, 9.17) is 5.73 Å². The number of hydrogen-bond donors (Lipinski definition) is 1. The highest BCUT2D eigenvalue weighted by atomic mass is 79.9. The molecule has 4 heteroatoms. The van der Waals surface area contributed by atoms with Gasteiger partial charge in [0.15, 0.2) is 0 Å². The first-order valence-corrected chi connectivity index (χ1v) is 7.63. The second-order valence-electron chi connectivity index (χ2n) is 5.38. The van der Waals surface area contributed by atoms with Gasteiger partial charge >= 0.3 is 0 Å². The van der Waals surface area contributed by atoms with Crippen LogP contribution < -0.4 is 5.73 Å². The van der Waals surface area contributed by atoms with Gasteiger partial charge < -0.3 is 5.73 Å². The van der Waals surface area contributed by atoms with E-state index < -0.39 is 0 Å². The lowest BCUT2D eigenvalue weighted by Crippen LogP contribution is -2.36. The summed E-state index contributed by atoms with van der Waals surface area (Å²) >= 11 is 3.46. The fourth-order valence-electron chi connectivity index (χ4n) is 2.78. The lowest BCUT2D eigenvalue weighted by Gasteiger charge is -2.36. The number of carbonyl (C=O) groups excluding carboxylic acids is 1. The molecule has 104 valence electrons. The molecule has 0 spiro atoms. The predicted octanol–water partition coefficient (Wildman–Crippen LogP) is 3.10. The van der Waals surface area contributed by atoms with Crippen molar-refractivity contribution in [2.45, 2.75) is 32.2 Å². The largest absolute Gasteiger partial charge is 0.370 e. The summed E-state index contributed by atoms with van der Waals surface area (Å²) < 4.78 is 1.11. The average molecular weight is 325 g/mol. The number of halogens is 1. The molecule has 2 rings (SSSR count). The molecule has 0 bridgehead atoms. The zero-order valence-corrected chi connectivity index (χ0v) is 12.9. The van der Waals surface area contributed by atoms with Crippen molar-refractivity contribution in [1.29, 1.82) is 0 Å². The number of nitrogens with zero attached hydrogens (tertiary/aromatic N) is 1. The van der Waals surface area contributed by atoms with E-state index in [9.17, 15) is 4.79 Å². The van der Waals surface area contributed by atoms with Crippen LogP contribution in [0.25, 0.3) is 0 Å². The second kappa shape index (κ2) is 6.53. The van der Waals surface area contributed by atoms with Gasteiger partial charge in [0.2, 0.25) is 5.91 Å². The number of hydrogen-bond acceptors (Lipinski definition) is 2. The summed E-state index contributed by atoms with van der Waals surface area (Å²) in [5.74, 6) is 0.310. The van der Waals surface area contributed by atoms with Crippen LogP contribution in [0.2, 0.25) is 0 Å². The molecule has 1 aliphatic rings. The molecule has 1 aromatic carbocycles. The molecule has 3 nitrogen and oxygen atoms in total. The van der Waals surface area contributed by atoms with E-state index >= 15 is 0 Å². The lowest BCUT2D eigenvalue weighted by atomic mass is 9.92. The van der Waals surface area contributed by atoms with Gasteiger partial charge in [-0.25, -0.2) is 0 Å². The van der Waals surface area contributed by atoms with E-state index in [1.165, 1.54) is 5.56 Å². The third-order valence-corrected chi connectivity index (χ3v) is 4.57. The van der Waals surface area contributed by atoms with Crippen LogP contribution in [-0.4, -0.2) is 23.9 Å². The van der Waals surface area contributed by atoms with Gasteiger partial charge in [0.05, 0.1) is 0 Å². The van der Waals surface area contributed by atoms with Gasteiger partial charge in [-0.2, -0.15) is 0 Å². The van der Waals surface area contributed by atoms with E-state index in [0.717, 1.165) is 30.4 Å². The molecule has 1 aromatic rings. The topological polar surface area (TPSA) is 46.3 Å². The van der Waals surface area contributed by atoms with Gasteiger partial charge in [-0.3, -0.25) is 9.69 Å². The molecule has 0 aliphatic carbocycles. The van der Waals surface area contributed by atoms with E-state index in [1.54, 1.807) is 0 Å². The predicted molar refractivity (Wildman–Crippen MR) is 80.7 cm³/mol. The molecular formula is C15H21BrN2O. The quantitative estimate of drug-likeness (QED) is 0.925. The van der Waals surface area contributed by atoms with Crippen molar-refractivity contribution in [2.75, 3.05) is 13.1 Å². The Labute approximate surface area is 123 Å². The lowest BCUT2D eigenvalue weighted by molar-refractivity contribution is -0.119. The molecule has 0 radical (unpaired) electrons. The molecule has 1 saturated heterocycles. The highest BCUT2D eigenvalue weighted by Crippen LogP contribution is 2.28. The molecule has 1 fully saturated rings. The molecular weight excluding hydrogens is 304 g/mol. The van der Waals surface area contributed by atoms with E-state index in [1.807, 2.05) is 0 Å². The molecule has 1 heterocycles. The van der Waals surface area contributed by atoms with Gasteiger partial charge in [0, 0.05) is 16.9 Å². The molecule has 1 unspecified atom stereocenters. The van der Waals surface area contributed by atoms with Crippen molar-refractivity contribution >= 4 is 21.8 Å². The fourth-order valence-corrected chi connectivity index (χ4v) is 3.05. The SMILES string of the molecule is CC(c1ccc(Br)cc1)N1CCC(CC(N)=O)CC1. The van der Waals surface area contributed by atoms with Crippen LogP contribution in [0.3, 0.4) is 0 Å². The average Bonchev–Trinajstić information content (AvgIpc) is 2.39. The zero-order chi connectivity index (χ0) is 13.8. The third kappa shape index (κ3) is 4.05. The van der Waals surface area contributed by atoms with Crippen molar-refractivity contribution < 1.29 is 4.79 Å². The molecule has 0 aromatic heterocycles. The maximum Gasteiger partial charge on any atom is 0.217 e. The molecule has 1 aliphatic heterocycles. The minimum atomic E-state index is -0.167. The van der Waals surface area contributed by atoms with E-state index in [2.05, 4.69) is 52.0 Å². The van der Waals surface area contributed by atoms with Gasteiger partial charge in [-0.15, -0.1) is 0 Å². The Kier molecular flexibility index (Phi) is 4.99. The Morgan fingerprint density at radius 3 is 2.47 bits per heavy atom. The number of primary amides is 1. The van der Waals surface area contributed by atoms with Gasteiger partial charge in [0.1, 0.15) is 0 Å². The van der Waals surface area contributed by atoms with Crippen LogP contribution in [0.4, 0.5) is 0 Å². The zero-order valence-electron chi connectivity index (χ0n) is 11.3. The first kappa shape index (κ1) is 14.5. The van der Waals surface area contributed by atoms with E-state index in [-0.39, 0.29) is 5.91 Å². The Bertz CT molecular complexity index is 424. The fraction of sp³-hybridized carbons (Fsp3) is 0.533. The minimum Gasteiger partial charge on any atom is -0.370 e. The summed E-state index contributed by atoms with van der Waals surface area (Å²) in [6.45, 7) is 4.35. The van der Waals surface area contributed by atoms with Crippen molar-refractivity contribution in [3.05, 3.63) is 34.3 Å². The Balaban J connectivity index is 1.90. The van der Waals surface area contributed by atoms with Crippen LogP contribution in [0.15, 0.2) is 28.7 Å². The number of rotatable bonds is 4. The Morgan fingerprint density at radius 2 is 1.95 bits per heavy atom. The van der Waals surface area contributed by atoms with Crippen molar-refractivity contribution in [2.24, 2.45) is 11.7 Å². The summed E-state index contributed by atoms with van der Waals surface area (Å²) in [5, 5.41) is 0. The summed E-state index contributed by atoms with van der Waals surface area (Å²) in [5.41, 5.74) is 6.61. The van der Waals surface area contributed by atoms with Gasteiger partial charge in [-0.05, 0) is 56.5 Å². The van der Waals surface area contributed by atoms with Crippen LogP contribution in [-0.2, 0) is 4.79 Å². The first-order valence-electron chi connectivity index (χ1n) is 6.84. The first-order chi connectivity index (χ1) is 9.06.